The fourth-order valence-electron chi connectivity index (χ4n) is 0.920. The van der Waals surface area contributed by atoms with Crippen LogP contribution in [0.3, 0.4) is 0 Å². The predicted octanol–water partition coefficient (Wildman–Crippen LogP) is 0.275. The van der Waals surface area contributed by atoms with Gasteiger partial charge in [-0.1, -0.05) is 6.07 Å². The Morgan fingerprint density at radius 2 is 2.30 bits per heavy atom. The van der Waals surface area contributed by atoms with Crippen LogP contribution in [0.4, 0.5) is 0 Å². The Balaban J connectivity index is 2.81. The first-order chi connectivity index (χ1) is 4.84. The van der Waals surface area contributed by atoms with Crippen LogP contribution in [0, 0.1) is 6.92 Å². The van der Waals surface area contributed by atoms with Gasteiger partial charge in [-0.15, -0.1) is 0 Å². The number of hydrogen-bond acceptors (Lipinski definition) is 1. The molecular weight excluding hydrogens is 126 g/mol. The van der Waals surface area contributed by atoms with Crippen molar-refractivity contribution in [1.82, 2.24) is 0 Å². The first kappa shape index (κ1) is 7.22. The summed E-state index contributed by atoms with van der Waals surface area (Å²) < 4.78 is 2.01. The maximum Gasteiger partial charge on any atom is 0.178 e. The van der Waals surface area contributed by atoms with Crippen molar-refractivity contribution in [2.24, 2.45) is 0 Å². The summed E-state index contributed by atoms with van der Waals surface area (Å²) in [6, 6.07) is 5.97. The first-order valence-corrected chi connectivity index (χ1v) is 3.40. The molecule has 0 radical (unpaired) electrons. The van der Waals surface area contributed by atoms with Gasteiger partial charge in [0.1, 0.15) is 6.61 Å². The van der Waals surface area contributed by atoms with Crippen LogP contribution in [0.25, 0.3) is 0 Å². The molecule has 10 heavy (non-hydrogen) atoms. The van der Waals surface area contributed by atoms with E-state index in [-0.39, 0.29) is 6.61 Å². The highest BCUT2D eigenvalue weighted by molar-refractivity contribution is 4.93. The summed E-state index contributed by atoms with van der Waals surface area (Å²) in [6.45, 7) is 2.91. The van der Waals surface area contributed by atoms with Gasteiger partial charge in [-0.3, -0.25) is 0 Å². The predicted molar refractivity (Wildman–Crippen MR) is 38.5 cm³/mol. The van der Waals surface area contributed by atoms with Crippen LogP contribution in [0.2, 0.25) is 0 Å². The van der Waals surface area contributed by atoms with E-state index in [1.807, 2.05) is 35.9 Å². The lowest BCUT2D eigenvalue weighted by Crippen LogP contribution is -2.37. The Bertz CT molecular complexity index is 210. The van der Waals surface area contributed by atoms with Crippen molar-refractivity contribution in [2.75, 3.05) is 6.61 Å². The standard InChI is InChI=1S/C8H12NO/c1-8-4-2-3-5-9(8)6-7-10/h2-5,10H,6-7H2,1H3/q+1. The molecule has 0 amide bonds. The Morgan fingerprint density at radius 1 is 1.50 bits per heavy atom. The summed E-state index contributed by atoms with van der Waals surface area (Å²) in [5.41, 5.74) is 1.18. The molecule has 0 bridgehead atoms. The third kappa shape index (κ3) is 1.54. The molecule has 1 N–H and O–H groups in total. The van der Waals surface area contributed by atoms with E-state index in [0.29, 0.717) is 6.54 Å². The normalized spacial score (nSPS) is 9.80. The van der Waals surface area contributed by atoms with Crippen molar-refractivity contribution in [3.05, 3.63) is 30.1 Å². The van der Waals surface area contributed by atoms with E-state index in [4.69, 9.17) is 5.11 Å². The molecule has 54 valence electrons. The molecule has 0 fully saturated rings. The molecule has 0 aliphatic carbocycles. The fourth-order valence-corrected chi connectivity index (χ4v) is 0.920. The zero-order valence-electron chi connectivity index (χ0n) is 6.12. The van der Waals surface area contributed by atoms with Crippen LogP contribution in [-0.2, 0) is 6.54 Å². The molecule has 1 rings (SSSR count). The van der Waals surface area contributed by atoms with Crippen LogP contribution in [0.1, 0.15) is 5.69 Å². The van der Waals surface area contributed by atoms with Gasteiger partial charge in [0.05, 0.1) is 0 Å². The molecular formula is C8H12NO+. The molecule has 0 unspecified atom stereocenters. The minimum absolute atomic E-state index is 0.204. The number of aliphatic hydroxyl groups is 1. The molecule has 0 atom stereocenters. The minimum Gasteiger partial charge on any atom is -0.390 e. The molecule has 1 aromatic heterocycles. The molecule has 0 aliphatic rings. The van der Waals surface area contributed by atoms with Gasteiger partial charge in [0.15, 0.2) is 18.4 Å². The number of aliphatic hydroxyl groups excluding tert-OH is 1. The lowest BCUT2D eigenvalue weighted by atomic mass is 10.3. The van der Waals surface area contributed by atoms with E-state index in [9.17, 15) is 0 Å². The Labute approximate surface area is 60.8 Å². The third-order valence-electron chi connectivity index (χ3n) is 1.51. The first-order valence-electron chi connectivity index (χ1n) is 3.40. The Kier molecular flexibility index (Phi) is 2.40. The molecule has 0 aliphatic heterocycles. The number of aryl methyl sites for hydroxylation is 1. The third-order valence-corrected chi connectivity index (χ3v) is 1.51. The van der Waals surface area contributed by atoms with E-state index >= 15 is 0 Å². The van der Waals surface area contributed by atoms with Crippen molar-refractivity contribution in [2.45, 2.75) is 13.5 Å². The summed E-state index contributed by atoms with van der Waals surface area (Å²) in [5.74, 6) is 0. The van der Waals surface area contributed by atoms with Crippen LogP contribution >= 0.6 is 0 Å². The minimum atomic E-state index is 0.204. The average molecular weight is 138 g/mol. The topological polar surface area (TPSA) is 24.1 Å². The molecule has 1 aromatic rings. The van der Waals surface area contributed by atoms with Gasteiger partial charge in [0.25, 0.3) is 0 Å². The quantitative estimate of drug-likeness (QED) is 0.583. The number of nitrogens with zero attached hydrogens (tertiary/aromatic N) is 1. The van der Waals surface area contributed by atoms with Crippen molar-refractivity contribution in [1.29, 1.82) is 0 Å². The molecule has 0 saturated heterocycles. The smallest absolute Gasteiger partial charge is 0.178 e. The second-order valence-corrected chi connectivity index (χ2v) is 2.26. The second kappa shape index (κ2) is 3.32. The van der Waals surface area contributed by atoms with Gasteiger partial charge in [-0.25, -0.2) is 4.57 Å². The summed E-state index contributed by atoms with van der Waals surface area (Å²) in [4.78, 5) is 0. The summed E-state index contributed by atoms with van der Waals surface area (Å²) in [5, 5.41) is 8.62. The maximum absolute atomic E-state index is 8.62. The summed E-state index contributed by atoms with van der Waals surface area (Å²) >= 11 is 0. The van der Waals surface area contributed by atoms with Crippen LogP contribution in [0.15, 0.2) is 24.4 Å². The fraction of sp³-hybridized carbons (Fsp3) is 0.375. The van der Waals surface area contributed by atoms with Crippen molar-refractivity contribution < 1.29 is 9.67 Å². The highest BCUT2D eigenvalue weighted by Gasteiger charge is 2.00. The van der Waals surface area contributed by atoms with Gasteiger partial charge in [0, 0.05) is 19.1 Å². The number of aromatic nitrogens is 1. The number of pyridine rings is 1. The van der Waals surface area contributed by atoms with E-state index in [2.05, 4.69) is 0 Å². The van der Waals surface area contributed by atoms with Gasteiger partial charge >= 0.3 is 0 Å². The van der Waals surface area contributed by atoms with Crippen LogP contribution in [-0.4, -0.2) is 11.7 Å². The summed E-state index contributed by atoms with van der Waals surface area (Å²) in [6.07, 6.45) is 1.96. The lowest BCUT2D eigenvalue weighted by molar-refractivity contribution is -0.704. The molecule has 2 nitrogen and oxygen atoms in total. The molecule has 2 heteroatoms. The summed E-state index contributed by atoms with van der Waals surface area (Å²) in [7, 11) is 0. The van der Waals surface area contributed by atoms with Crippen molar-refractivity contribution in [3.63, 3.8) is 0 Å². The average Bonchev–Trinajstić information content (AvgIpc) is 1.94. The lowest BCUT2D eigenvalue weighted by Gasteiger charge is -1.94. The Hall–Kier alpha value is -0.890. The Morgan fingerprint density at radius 3 is 2.90 bits per heavy atom. The van der Waals surface area contributed by atoms with Crippen LogP contribution < -0.4 is 4.57 Å². The van der Waals surface area contributed by atoms with Crippen molar-refractivity contribution >= 4 is 0 Å². The zero-order valence-corrected chi connectivity index (χ0v) is 6.12. The SMILES string of the molecule is Cc1cccc[n+]1CCO. The van der Waals surface area contributed by atoms with E-state index < -0.39 is 0 Å². The highest BCUT2D eigenvalue weighted by atomic mass is 16.3. The molecule has 1 heterocycles. The van der Waals surface area contributed by atoms with Gasteiger partial charge in [0.2, 0.25) is 0 Å². The van der Waals surface area contributed by atoms with E-state index in [0.717, 1.165) is 0 Å². The van der Waals surface area contributed by atoms with Gasteiger partial charge < -0.3 is 5.11 Å². The second-order valence-electron chi connectivity index (χ2n) is 2.26. The highest BCUT2D eigenvalue weighted by Crippen LogP contribution is 1.86. The van der Waals surface area contributed by atoms with E-state index in [1.54, 1.807) is 0 Å². The molecule has 0 aromatic carbocycles. The van der Waals surface area contributed by atoms with Gasteiger partial charge in [-0.2, -0.15) is 0 Å². The molecule has 0 saturated carbocycles. The monoisotopic (exact) mass is 138 g/mol. The zero-order chi connectivity index (χ0) is 7.40. The molecule has 0 spiro atoms. The van der Waals surface area contributed by atoms with Crippen molar-refractivity contribution in [3.8, 4) is 0 Å². The van der Waals surface area contributed by atoms with Crippen LogP contribution in [0.5, 0.6) is 0 Å². The van der Waals surface area contributed by atoms with E-state index in [1.165, 1.54) is 5.69 Å². The maximum atomic E-state index is 8.62. The number of rotatable bonds is 2. The largest absolute Gasteiger partial charge is 0.390 e. The van der Waals surface area contributed by atoms with Gasteiger partial charge in [-0.05, 0) is 0 Å². The number of hydrogen-bond donors (Lipinski definition) is 1.